The van der Waals surface area contributed by atoms with E-state index in [0.717, 1.165) is 47.4 Å². The molecule has 23 heavy (non-hydrogen) atoms. The molecule has 0 fully saturated rings. The number of hydrogen-bond donors (Lipinski definition) is 1. The summed E-state index contributed by atoms with van der Waals surface area (Å²) in [5.74, 6) is 0.0763. The third-order valence-corrected chi connectivity index (χ3v) is 3.84. The molecule has 0 aliphatic rings. The standard InChI is InChI=1S/C18H19N3O2/c1-2-3-10-21-16-5-4-13(12-17(22)23)11-15(16)20-18(21)14-6-8-19-9-7-14/h4-9,11H,2-3,10,12H2,1H3,(H,22,23). The summed E-state index contributed by atoms with van der Waals surface area (Å²) in [6.45, 7) is 3.05. The van der Waals surface area contributed by atoms with Crippen molar-refractivity contribution >= 4 is 17.0 Å². The number of aromatic nitrogens is 3. The predicted octanol–water partition coefficient (Wildman–Crippen LogP) is 3.53. The molecule has 0 aliphatic carbocycles. The van der Waals surface area contributed by atoms with Crippen molar-refractivity contribution in [1.82, 2.24) is 14.5 Å². The number of pyridine rings is 1. The van der Waals surface area contributed by atoms with Crippen LogP contribution >= 0.6 is 0 Å². The molecule has 1 N–H and O–H groups in total. The van der Waals surface area contributed by atoms with Crippen molar-refractivity contribution in [3.05, 3.63) is 48.3 Å². The molecule has 2 aromatic heterocycles. The SMILES string of the molecule is CCCCn1c(-c2ccncc2)nc2cc(CC(=O)O)ccc21. The normalized spacial score (nSPS) is 11.0. The van der Waals surface area contributed by atoms with E-state index in [4.69, 9.17) is 10.1 Å². The van der Waals surface area contributed by atoms with Crippen LogP contribution in [0.2, 0.25) is 0 Å². The molecule has 1 aromatic carbocycles. The van der Waals surface area contributed by atoms with Gasteiger partial charge in [-0.15, -0.1) is 0 Å². The molecule has 2 heterocycles. The van der Waals surface area contributed by atoms with Crippen molar-refractivity contribution < 1.29 is 9.90 Å². The minimum Gasteiger partial charge on any atom is -0.481 e. The lowest BCUT2D eigenvalue weighted by atomic mass is 10.1. The molecule has 0 unspecified atom stereocenters. The number of imidazole rings is 1. The van der Waals surface area contributed by atoms with Gasteiger partial charge in [-0.1, -0.05) is 19.4 Å². The zero-order chi connectivity index (χ0) is 16.2. The lowest BCUT2D eigenvalue weighted by Gasteiger charge is -2.08. The monoisotopic (exact) mass is 309 g/mol. The first-order valence-corrected chi connectivity index (χ1v) is 7.80. The lowest BCUT2D eigenvalue weighted by molar-refractivity contribution is -0.136. The fourth-order valence-corrected chi connectivity index (χ4v) is 2.72. The number of hydrogen-bond acceptors (Lipinski definition) is 3. The van der Waals surface area contributed by atoms with Gasteiger partial charge in [0.2, 0.25) is 0 Å². The maximum absolute atomic E-state index is 10.9. The third kappa shape index (κ3) is 3.23. The molecule has 0 radical (unpaired) electrons. The number of aliphatic carboxylic acids is 1. The molecule has 0 saturated heterocycles. The molecule has 0 amide bonds. The Morgan fingerprint density at radius 2 is 2.00 bits per heavy atom. The molecule has 0 spiro atoms. The van der Waals surface area contributed by atoms with E-state index in [1.54, 1.807) is 12.4 Å². The van der Waals surface area contributed by atoms with Gasteiger partial charge in [-0.05, 0) is 36.2 Å². The molecule has 0 aliphatic heterocycles. The van der Waals surface area contributed by atoms with Crippen molar-refractivity contribution in [2.75, 3.05) is 0 Å². The zero-order valence-electron chi connectivity index (χ0n) is 13.1. The van der Waals surface area contributed by atoms with Crippen LogP contribution in [0.5, 0.6) is 0 Å². The van der Waals surface area contributed by atoms with Crippen LogP contribution in [0.25, 0.3) is 22.4 Å². The van der Waals surface area contributed by atoms with Gasteiger partial charge in [-0.25, -0.2) is 4.98 Å². The Kier molecular flexibility index (Phi) is 4.37. The molecule has 5 heteroatoms. The summed E-state index contributed by atoms with van der Waals surface area (Å²) < 4.78 is 2.21. The first-order valence-electron chi connectivity index (χ1n) is 7.80. The minimum atomic E-state index is -0.830. The lowest BCUT2D eigenvalue weighted by Crippen LogP contribution is -2.01. The number of rotatable bonds is 6. The summed E-state index contributed by atoms with van der Waals surface area (Å²) in [6, 6.07) is 9.61. The molecular weight excluding hydrogens is 290 g/mol. The average molecular weight is 309 g/mol. The maximum Gasteiger partial charge on any atom is 0.307 e. The third-order valence-electron chi connectivity index (χ3n) is 3.84. The van der Waals surface area contributed by atoms with Gasteiger partial charge in [0.25, 0.3) is 0 Å². The molecule has 5 nitrogen and oxygen atoms in total. The second kappa shape index (κ2) is 6.60. The van der Waals surface area contributed by atoms with E-state index in [-0.39, 0.29) is 6.42 Å². The van der Waals surface area contributed by atoms with Crippen LogP contribution in [0, 0.1) is 0 Å². The highest BCUT2D eigenvalue weighted by Gasteiger charge is 2.13. The Balaban J connectivity index is 2.11. The summed E-state index contributed by atoms with van der Waals surface area (Å²) in [6.07, 6.45) is 5.71. The van der Waals surface area contributed by atoms with Gasteiger partial charge in [0.15, 0.2) is 0 Å². The molecule has 0 bridgehead atoms. The van der Waals surface area contributed by atoms with Gasteiger partial charge in [0.05, 0.1) is 17.5 Å². The molecular formula is C18H19N3O2. The number of nitrogens with zero attached hydrogens (tertiary/aromatic N) is 3. The van der Waals surface area contributed by atoms with Crippen LogP contribution in [-0.2, 0) is 17.8 Å². The summed E-state index contributed by atoms with van der Waals surface area (Å²) in [4.78, 5) is 19.7. The van der Waals surface area contributed by atoms with E-state index in [9.17, 15) is 4.79 Å². The summed E-state index contributed by atoms with van der Waals surface area (Å²) in [7, 11) is 0. The number of benzene rings is 1. The van der Waals surface area contributed by atoms with Crippen LogP contribution in [0.1, 0.15) is 25.3 Å². The van der Waals surface area contributed by atoms with Crippen molar-refractivity contribution in [3.63, 3.8) is 0 Å². The number of carbonyl (C=O) groups is 1. The summed E-state index contributed by atoms with van der Waals surface area (Å²) in [5, 5.41) is 8.96. The topological polar surface area (TPSA) is 68.0 Å². The van der Waals surface area contributed by atoms with Gasteiger partial charge >= 0.3 is 5.97 Å². The first kappa shape index (κ1) is 15.2. The van der Waals surface area contributed by atoms with Crippen molar-refractivity contribution in [2.24, 2.45) is 0 Å². The van der Waals surface area contributed by atoms with Gasteiger partial charge in [-0.3, -0.25) is 9.78 Å². The van der Waals surface area contributed by atoms with Gasteiger partial charge in [0, 0.05) is 24.5 Å². The van der Waals surface area contributed by atoms with Gasteiger partial charge < -0.3 is 9.67 Å². The van der Waals surface area contributed by atoms with Crippen LogP contribution < -0.4 is 0 Å². The molecule has 118 valence electrons. The van der Waals surface area contributed by atoms with E-state index < -0.39 is 5.97 Å². The number of carboxylic acid groups (broad SMARTS) is 1. The van der Waals surface area contributed by atoms with E-state index in [2.05, 4.69) is 16.5 Å². The minimum absolute atomic E-state index is 0.0162. The highest BCUT2D eigenvalue weighted by atomic mass is 16.4. The average Bonchev–Trinajstić information content (AvgIpc) is 2.91. The maximum atomic E-state index is 10.9. The summed E-state index contributed by atoms with van der Waals surface area (Å²) >= 11 is 0. The van der Waals surface area contributed by atoms with Crippen LogP contribution in [0.4, 0.5) is 0 Å². The Bertz CT molecular complexity index is 825. The van der Waals surface area contributed by atoms with E-state index in [1.165, 1.54) is 0 Å². The first-order chi connectivity index (χ1) is 11.2. The van der Waals surface area contributed by atoms with Gasteiger partial charge in [-0.2, -0.15) is 0 Å². The number of aryl methyl sites for hydroxylation is 1. The summed E-state index contributed by atoms with van der Waals surface area (Å²) in [5.41, 5.74) is 3.67. The van der Waals surface area contributed by atoms with Crippen LogP contribution in [-0.4, -0.2) is 25.6 Å². The fourth-order valence-electron chi connectivity index (χ4n) is 2.72. The Morgan fingerprint density at radius 1 is 1.22 bits per heavy atom. The molecule has 3 rings (SSSR count). The highest BCUT2D eigenvalue weighted by Crippen LogP contribution is 2.26. The number of fused-ring (bicyclic) bond motifs is 1. The fraction of sp³-hybridized carbons (Fsp3) is 0.278. The van der Waals surface area contributed by atoms with Crippen molar-refractivity contribution in [2.45, 2.75) is 32.7 Å². The Hall–Kier alpha value is -2.69. The van der Waals surface area contributed by atoms with E-state index >= 15 is 0 Å². The molecule has 0 saturated carbocycles. The largest absolute Gasteiger partial charge is 0.481 e. The molecule has 0 atom stereocenters. The molecule has 3 aromatic rings. The van der Waals surface area contributed by atoms with E-state index in [1.807, 2.05) is 30.3 Å². The second-order valence-electron chi connectivity index (χ2n) is 5.57. The van der Waals surface area contributed by atoms with Crippen LogP contribution in [0.3, 0.4) is 0 Å². The Labute approximate surface area is 134 Å². The van der Waals surface area contributed by atoms with Gasteiger partial charge in [0.1, 0.15) is 5.82 Å². The predicted molar refractivity (Wildman–Crippen MR) is 89.2 cm³/mol. The quantitative estimate of drug-likeness (QED) is 0.756. The highest BCUT2D eigenvalue weighted by molar-refractivity contribution is 5.82. The number of carboxylic acids is 1. The zero-order valence-corrected chi connectivity index (χ0v) is 13.1. The van der Waals surface area contributed by atoms with Crippen molar-refractivity contribution in [3.8, 4) is 11.4 Å². The van der Waals surface area contributed by atoms with Crippen molar-refractivity contribution in [1.29, 1.82) is 0 Å². The smallest absolute Gasteiger partial charge is 0.307 e. The van der Waals surface area contributed by atoms with E-state index in [0.29, 0.717) is 0 Å². The second-order valence-corrected chi connectivity index (χ2v) is 5.57. The van der Waals surface area contributed by atoms with Crippen LogP contribution in [0.15, 0.2) is 42.7 Å². The number of unbranched alkanes of at least 4 members (excludes halogenated alkanes) is 1. The Morgan fingerprint density at radius 3 is 2.70 bits per heavy atom.